The van der Waals surface area contributed by atoms with Crippen LogP contribution in [0.25, 0.3) is 5.76 Å². The van der Waals surface area contributed by atoms with Crippen LogP contribution in [-0.2, 0) is 14.4 Å². The summed E-state index contributed by atoms with van der Waals surface area (Å²) in [5, 5.41) is 11.5. The van der Waals surface area contributed by atoms with E-state index in [2.05, 4.69) is 0 Å². The Morgan fingerprint density at radius 2 is 1.68 bits per heavy atom. The molecule has 1 unspecified atom stereocenters. The van der Waals surface area contributed by atoms with Crippen LogP contribution in [0.5, 0.6) is 17.2 Å². The Kier molecular flexibility index (Phi) is 6.50. The lowest BCUT2D eigenvalue weighted by Crippen LogP contribution is -2.29. The van der Waals surface area contributed by atoms with Crippen LogP contribution in [0.4, 0.5) is 11.4 Å². The maximum atomic E-state index is 13.4. The molecule has 5 rings (SSSR count). The molecule has 0 bridgehead atoms. The van der Waals surface area contributed by atoms with Gasteiger partial charge in [-0.15, -0.1) is 0 Å². The second kappa shape index (κ2) is 9.93. The van der Waals surface area contributed by atoms with E-state index in [1.807, 2.05) is 11.9 Å². The average molecular weight is 515 g/mol. The number of carbonyl (C=O) groups excluding carboxylic acids is 3. The number of amides is 1. The first-order valence-electron chi connectivity index (χ1n) is 12.0. The van der Waals surface area contributed by atoms with Crippen LogP contribution < -0.4 is 24.0 Å². The number of likely N-dealkylation sites (N-methyl/N-ethyl adjacent to an activating group) is 1. The molecule has 0 spiro atoms. The normalized spacial score (nSPS) is 18.1. The molecule has 0 radical (unpaired) electrons. The maximum absolute atomic E-state index is 13.4. The van der Waals surface area contributed by atoms with Crippen LogP contribution in [0.2, 0.25) is 0 Å². The molecular weight excluding hydrogens is 488 g/mol. The Morgan fingerprint density at radius 1 is 1.00 bits per heavy atom. The molecule has 194 valence electrons. The predicted molar refractivity (Wildman–Crippen MR) is 141 cm³/mol. The van der Waals surface area contributed by atoms with E-state index in [0.29, 0.717) is 47.2 Å². The van der Waals surface area contributed by atoms with Crippen LogP contribution in [0.3, 0.4) is 0 Å². The quantitative estimate of drug-likeness (QED) is 0.179. The number of fused-ring (bicyclic) bond motifs is 1. The molecular formula is C29H26N2O7. The van der Waals surface area contributed by atoms with Crippen LogP contribution in [0.15, 0.2) is 72.3 Å². The molecule has 2 aliphatic heterocycles. The number of esters is 1. The average Bonchev–Trinajstić information content (AvgIpc) is 3.18. The molecule has 0 aromatic heterocycles. The zero-order chi connectivity index (χ0) is 27.0. The van der Waals surface area contributed by atoms with Crippen molar-refractivity contribution >= 4 is 34.8 Å². The molecule has 38 heavy (non-hydrogen) atoms. The predicted octanol–water partition coefficient (Wildman–Crippen LogP) is 4.08. The van der Waals surface area contributed by atoms with E-state index in [0.717, 1.165) is 5.69 Å². The maximum Gasteiger partial charge on any atom is 0.308 e. The summed E-state index contributed by atoms with van der Waals surface area (Å²) in [6.07, 6.45) is 0. The molecule has 1 amide bonds. The van der Waals surface area contributed by atoms with Gasteiger partial charge in [-0.1, -0.05) is 12.1 Å². The van der Waals surface area contributed by atoms with E-state index in [-0.39, 0.29) is 11.3 Å². The smallest absolute Gasteiger partial charge is 0.308 e. The Hall–Kier alpha value is -4.79. The molecule has 3 aromatic rings. The lowest BCUT2D eigenvalue weighted by molar-refractivity contribution is -0.132. The van der Waals surface area contributed by atoms with Gasteiger partial charge in [0.1, 0.15) is 29.6 Å². The number of ketones is 1. The summed E-state index contributed by atoms with van der Waals surface area (Å²) in [4.78, 5) is 41.5. The van der Waals surface area contributed by atoms with Gasteiger partial charge in [0.2, 0.25) is 0 Å². The van der Waals surface area contributed by atoms with Crippen molar-refractivity contribution in [2.75, 3.05) is 37.1 Å². The fourth-order valence-electron chi connectivity index (χ4n) is 4.69. The van der Waals surface area contributed by atoms with E-state index in [4.69, 9.17) is 14.2 Å². The third-order valence-electron chi connectivity index (χ3n) is 6.58. The van der Waals surface area contributed by atoms with Gasteiger partial charge in [0.25, 0.3) is 11.7 Å². The van der Waals surface area contributed by atoms with E-state index in [1.54, 1.807) is 66.7 Å². The number of benzene rings is 3. The first-order chi connectivity index (χ1) is 18.3. The second-order valence-electron chi connectivity index (χ2n) is 8.98. The SMILES string of the molecule is COc1ccc(N2C(=O)C(=O)/C(=C(\O)c3ccc4c(c3)N(C)CCO4)C2c2ccc(OC(C)=O)cc2)cc1. The lowest BCUT2D eigenvalue weighted by Gasteiger charge is -2.28. The number of hydrogen-bond donors (Lipinski definition) is 1. The number of anilines is 2. The summed E-state index contributed by atoms with van der Waals surface area (Å²) < 4.78 is 16.1. The Morgan fingerprint density at radius 3 is 2.34 bits per heavy atom. The zero-order valence-corrected chi connectivity index (χ0v) is 21.1. The first-order valence-corrected chi connectivity index (χ1v) is 12.0. The van der Waals surface area contributed by atoms with E-state index in [1.165, 1.54) is 18.9 Å². The van der Waals surface area contributed by atoms with Crippen LogP contribution in [-0.4, -0.2) is 50.1 Å². The number of aliphatic hydroxyl groups excluding tert-OH is 1. The number of aliphatic hydroxyl groups is 1. The fraction of sp³-hybridized carbons (Fsp3) is 0.207. The van der Waals surface area contributed by atoms with E-state index < -0.39 is 23.7 Å². The van der Waals surface area contributed by atoms with Crippen molar-refractivity contribution < 1.29 is 33.7 Å². The van der Waals surface area contributed by atoms with Gasteiger partial charge in [-0.2, -0.15) is 0 Å². The van der Waals surface area contributed by atoms with E-state index in [9.17, 15) is 19.5 Å². The van der Waals surface area contributed by atoms with Gasteiger partial charge in [0, 0.05) is 25.2 Å². The number of hydrogen-bond acceptors (Lipinski definition) is 8. The molecule has 0 aliphatic carbocycles. The van der Waals surface area contributed by atoms with Crippen LogP contribution >= 0.6 is 0 Å². The molecule has 2 aliphatic rings. The number of rotatable bonds is 5. The largest absolute Gasteiger partial charge is 0.507 e. The number of nitrogens with zero attached hydrogens (tertiary/aromatic N) is 2. The number of methoxy groups -OCH3 is 1. The van der Waals surface area contributed by atoms with Crippen molar-refractivity contribution in [3.05, 3.63) is 83.4 Å². The number of carbonyl (C=O) groups is 3. The third kappa shape index (κ3) is 4.43. The van der Waals surface area contributed by atoms with Crippen molar-refractivity contribution in [2.24, 2.45) is 0 Å². The Bertz CT molecular complexity index is 1440. The molecule has 1 fully saturated rings. The standard InChI is InChI=1S/C29H26N2O7/c1-17(32)38-22-9-4-18(5-10-22)26-25(27(33)19-6-13-24-23(16-19)30(2)14-15-37-24)28(34)29(35)31(26)20-7-11-21(36-3)12-8-20/h4-13,16,26,33H,14-15H2,1-3H3/b27-25-. The van der Waals surface area contributed by atoms with Crippen molar-refractivity contribution in [2.45, 2.75) is 13.0 Å². The summed E-state index contributed by atoms with van der Waals surface area (Å²) in [5.74, 6) is -0.766. The molecule has 9 heteroatoms. The van der Waals surface area contributed by atoms with Gasteiger partial charge < -0.3 is 24.2 Å². The highest BCUT2D eigenvalue weighted by Crippen LogP contribution is 2.43. The molecule has 1 atom stereocenters. The topological polar surface area (TPSA) is 106 Å². The highest BCUT2D eigenvalue weighted by molar-refractivity contribution is 6.51. The Labute approximate surface area is 219 Å². The van der Waals surface area contributed by atoms with Gasteiger partial charge in [-0.3, -0.25) is 19.3 Å². The highest BCUT2D eigenvalue weighted by Gasteiger charge is 2.47. The monoisotopic (exact) mass is 514 g/mol. The Balaban J connectivity index is 1.65. The first kappa shape index (κ1) is 24.9. The van der Waals surface area contributed by atoms with Crippen molar-refractivity contribution in [1.29, 1.82) is 0 Å². The molecule has 3 aromatic carbocycles. The summed E-state index contributed by atoms with van der Waals surface area (Å²) in [6, 6.07) is 17.4. The number of ether oxygens (including phenoxy) is 3. The second-order valence-corrected chi connectivity index (χ2v) is 8.98. The summed E-state index contributed by atoms with van der Waals surface area (Å²) in [6.45, 7) is 2.52. The van der Waals surface area contributed by atoms with Gasteiger partial charge in [-0.05, 0) is 60.2 Å². The molecule has 1 saturated heterocycles. The van der Waals surface area contributed by atoms with Crippen molar-refractivity contribution in [3.8, 4) is 17.2 Å². The summed E-state index contributed by atoms with van der Waals surface area (Å²) in [5.41, 5.74) is 2.11. The van der Waals surface area contributed by atoms with Gasteiger partial charge >= 0.3 is 5.97 Å². The molecule has 0 saturated carbocycles. The molecule has 2 heterocycles. The third-order valence-corrected chi connectivity index (χ3v) is 6.58. The van der Waals surface area contributed by atoms with Gasteiger partial charge in [0.15, 0.2) is 0 Å². The molecule has 9 nitrogen and oxygen atoms in total. The van der Waals surface area contributed by atoms with Gasteiger partial charge in [-0.25, -0.2) is 0 Å². The van der Waals surface area contributed by atoms with E-state index >= 15 is 0 Å². The van der Waals surface area contributed by atoms with Crippen LogP contribution in [0, 0.1) is 0 Å². The minimum absolute atomic E-state index is 0.0506. The summed E-state index contributed by atoms with van der Waals surface area (Å²) in [7, 11) is 3.45. The summed E-state index contributed by atoms with van der Waals surface area (Å²) >= 11 is 0. The number of Topliss-reactive ketones (excluding diaryl/α,β-unsaturated/α-hetero) is 1. The fourth-order valence-corrected chi connectivity index (χ4v) is 4.69. The lowest BCUT2D eigenvalue weighted by atomic mass is 9.94. The minimum atomic E-state index is -0.931. The molecule has 1 N–H and O–H groups in total. The zero-order valence-electron chi connectivity index (χ0n) is 21.1. The minimum Gasteiger partial charge on any atom is -0.507 e. The highest BCUT2D eigenvalue weighted by atomic mass is 16.5. The van der Waals surface area contributed by atoms with Gasteiger partial charge in [0.05, 0.1) is 31.0 Å². The van der Waals surface area contributed by atoms with Crippen molar-refractivity contribution in [1.82, 2.24) is 0 Å². The van der Waals surface area contributed by atoms with Crippen molar-refractivity contribution in [3.63, 3.8) is 0 Å². The van der Waals surface area contributed by atoms with Crippen LogP contribution in [0.1, 0.15) is 24.1 Å².